The fraction of sp³-hybridized carbons (Fsp3) is 0.556. The van der Waals surface area contributed by atoms with Crippen molar-refractivity contribution in [3.8, 4) is 11.5 Å². The number of hydrogen-bond donors (Lipinski definition) is 0. The summed E-state index contributed by atoms with van der Waals surface area (Å²) >= 11 is 0. The molecular weight excluding hydrogens is 388 g/mol. The van der Waals surface area contributed by atoms with Gasteiger partial charge in [0.15, 0.2) is 0 Å². The van der Waals surface area contributed by atoms with E-state index in [9.17, 15) is 0 Å². The quantitative estimate of drug-likeness (QED) is 0.340. The average molecular weight is 429 g/mol. The van der Waals surface area contributed by atoms with Crippen LogP contribution in [0.15, 0.2) is 48.5 Å². The Hall–Kier alpha value is -2.04. The van der Waals surface area contributed by atoms with Gasteiger partial charge in [0, 0.05) is 18.6 Å². The van der Waals surface area contributed by atoms with Gasteiger partial charge in [0.25, 0.3) is 0 Å². The summed E-state index contributed by atoms with van der Waals surface area (Å²) in [6.45, 7) is 17.0. The molecule has 2 rings (SSSR count). The Kier molecular flexibility index (Phi) is 10.4. The van der Waals surface area contributed by atoms with Crippen molar-refractivity contribution in [2.75, 3.05) is 39.6 Å². The molecule has 0 heterocycles. The van der Waals surface area contributed by atoms with Crippen molar-refractivity contribution in [2.24, 2.45) is 11.8 Å². The SMILES string of the molecule is CC(C)COCCOc1ccc(C(C)(C)c2ccc(OCCOCC(C)C)cc2)cc1. The first-order valence-electron chi connectivity index (χ1n) is 11.4. The Morgan fingerprint density at radius 1 is 0.581 bits per heavy atom. The maximum Gasteiger partial charge on any atom is 0.119 e. The molecule has 0 aliphatic carbocycles. The van der Waals surface area contributed by atoms with Crippen LogP contribution in [-0.4, -0.2) is 39.6 Å². The van der Waals surface area contributed by atoms with Crippen molar-refractivity contribution >= 4 is 0 Å². The van der Waals surface area contributed by atoms with Crippen LogP contribution >= 0.6 is 0 Å². The highest BCUT2D eigenvalue weighted by atomic mass is 16.5. The molecule has 0 amide bonds. The summed E-state index contributed by atoms with van der Waals surface area (Å²) in [6.07, 6.45) is 0. The minimum absolute atomic E-state index is 0.113. The lowest BCUT2D eigenvalue weighted by molar-refractivity contribution is 0.0819. The predicted molar refractivity (Wildman–Crippen MR) is 127 cm³/mol. The molecule has 0 aliphatic rings. The van der Waals surface area contributed by atoms with E-state index < -0.39 is 0 Å². The highest BCUT2D eigenvalue weighted by molar-refractivity contribution is 5.41. The molecule has 4 nitrogen and oxygen atoms in total. The highest BCUT2D eigenvalue weighted by Crippen LogP contribution is 2.33. The molecular formula is C27H40O4. The fourth-order valence-corrected chi connectivity index (χ4v) is 3.18. The minimum Gasteiger partial charge on any atom is -0.491 e. The summed E-state index contributed by atoms with van der Waals surface area (Å²) in [4.78, 5) is 0. The van der Waals surface area contributed by atoms with Crippen LogP contribution in [-0.2, 0) is 14.9 Å². The molecule has 2 aromatic carbocycles. The number of hydrogen-bond acceptors (Lipinski definition) is 4. The van der Waals surface area contributed by atoms with E-state index >= 15 is 0 Å². The van der Waals surface area contributed by atoms with E-state index in [2.05, 4.69) is 65.8 Å². The average Bonchev–Trinajstić information content (AvgIpc) is 2.73. The van der Waals surface area contributed by atoms with Crippen LogP contribution in [0.3, 0.4) is 0 Å². The van der Waals surface area contributed by atoms with E-state index in [0.29, 0.717) is 38.3 Å². The first-order valence-corrected chi connectivity index (χ1v) is 11.4. The number of ether oxygens (including phenoxy) is 4. The van der Waals surface area contributed by atoms with Crippen molar-refractivity contribution in [1.29, 1.82) is 0 Å². The maximum absolute atomic E-state index is 5.79. The third-order valence-electron chi connectivity index (χ3n) is 5.05. The van der Waals surface area contributed by atoms with Gasteiger partial charge in [-0.2, -0.15) is 0 Å². The van der Waals surface area contributed by atoms with E-state index in [1.165, 1.54) is 11.1 Å². The Bertz CT molecular complexity index is 669. The highest BCUT2D eigenvalue weighted by Gasteiger charge is 2.23. The van der Waals surface area contributed by atoms with Gasteiger partial charge in [0.2, 0.25) is 0 Å². The maximum atomic E-state index is 5.79. The fourth-order valence-electron chi connectivity index (χ4n) is 3.18. The summed E-state index contributed by atoms with van der Waals surface area (Å²) in [5.41, 5.74) is 2.37. The zero-order valence-corrected chi connectivity index (χ0v) is 20.1. The van der Waals surface area contributed by atoms with Crippen LogP contribution in [0.4, 0.5) is 0 Å². The molecule has 0 saturated heterocycles. The summed E-state index contributed by atoms with van der Waals surface area (Å²) in [5, 5.41) is 0. The molecule has 0 bridgehead atoms. The van der Waals surface area contributed by atoms with Gasteiger partial charge in [-0.3, -0.25) is 0 Å². The molecule has 31 heavy (non-hydrogen) atoms. The van der Waals surface area contributed by atoms with E-state index in [-0.39, 0.29) is 5.41 Å². The number of benzene rings is 2. The van der Waals surface area contributed by atoms with Crippen molar-refractivity contribution in [3.05, 3.63) is 59.7 Å². The first kappa shape index (κ1) is 25.2. The second-order valence-corrected chi connectivity index (χ2v) is 9.31. The zero-order chi connectivity index (χ0) is 22.7. The molecule has 172 valence electrons. The predicted octanol–water partition coefficient (Wildman–Crippen LogP) is 6.12. The van der Waals surface area contributed by atoms with Crippen molar-refractivity contribution in [1.82, 2.24) is 0 Å². The summed E-state index contributed by atoms with van der Waals surface area (Å²) < 4.78 is 22.7. The molecule has 2 aromatic rings. The van der Waals surface area contributed by atoms with Gasteiger partial charge < -0.3 is 18.9 Å². The second kappa shape index (κ2) is 12.7. The lowest BCUT2D eigenvalue weighted by atomic mass is 9.78. The second-order valence-electron chi connectivity index (χ2n) is 9.31. The molecule has 0 spiro atoms. The summed E-state index contributed by atoms with van der Waals surface area (Å²) in [5.74, 6) is 2.84. The molecule has 0 aromatic heterocycles. The Labute approximate surface area is 188 Å². The van der Waals surface area contributed by atoms with Crippen LogP contribution in [0.5, 0.6) is 11.5 Å². The Morgan fingerprint density at radius 2 is 0.935 bits per heavy atom. The van der Waals surface area contributed by atoms with Gasteiger partial charge in [-0.25, -0.2) is 0 Å². The molecule has 0 fully saturated rings. The van der Waals surface area contributed by atoms with E-state index in [0.717, 1.165) is 24.7 Å². The monoisotopic (exact) mass is 428 g/mol. The molecule has 0 unspecified atom stereocenters. The van der Waals surface area contributed by atoms with Crippen molar-refractivity contribution in [2.45, 2.75) is 47.0 Å². The standard InChI is InChI=1S/C27H40O4/c1-21(2)19-28-15-17-30-25-11-7-23(8-12-25)27(5,6)24-9-13-26(14-10-24)31-18-16-29-20-22(3)4/h7-14,21-22H,15-20H2,1-6H3. The van der Waals surface area contributed by atoms with Gasteiger partial charge in [-0.1, -0.05) is 65.8 Å². The third kappa shape index (κ3) is 8.92. The van der Waals surface area contributed by atoms with Gasteiger partial charge in [0.1, 0.15) is 24.7 Å². The largest absolute Gasteiger partial charge is 0.491 e. The zero-order valence-electron chi connectivity index (χ0n) is 20.1. The molecule has 4 heteroatoms. The van der Waals surface area contributed by atoms with Crippen molar-refractivity contribution < 1.29 is 18.9 Å². The molecule has 0 N–H and O–H groups in total. The van der Waals surface area contributed by atoms with Crippen LogP contribution in [0.2, 0.25) is 0 Å². The summed E-state index contributed by atoms with van der Waals surface area (Å²) in [7, 11) is 0. The van der Waals surface area contributed by atoms with Crippen LogP contribution in [0.25, 0.3) is 0 Å². The van der Waals surface area contributed by atoms with Gasteiger partial charge in [0.05, 0.1) is 13.2 Å². The van der Waals surface area contributed by atoms with E-state index in [1.54, 1.807) is 0 Å². The van der Waals surface area contributed by atoms with Crippen LogP contribution in [0.1, 0.15) is 52.7 Å². The van der Waals surface area contributed by atoms with Gasteiger partial charge in [-0.05, 0) is 47.2 Å². The van der Waals surface area contributed by atoms with Crippen molar-refractivity contribution in [3.63, 3.8) is 0 Å². The molecule has 0 radical (unpaired) electrons. The molecule has 0 aliphatic heterocycles. The smallest absolute Gasteiger partial charge is 0.119 e. The van der Waals surface area contributed by atoms with Gasteiger partial charge >= 0.3 is 0 Å². The van der Waals surface area contributed by atoms with E-state index in [1.807, 2.05) is 24.3 Å². The summed E-state index contributed by atoms with van der Waals surface area (Å²) in [6, 6.07) is 16.7. The van der Waals surface area contributed by atoms with Gasteiger partial charge in [-0.15, -0.1) is 0 Å². The lowest BCUT2D eigenvalue weighted by Crippen LogP contribution is -2.19. The van der Waals surface area contributed by atoms with E-state index in [4.69, 9.17) is 18.9 Å². The Morgan fingerprint density at radius 3 is 1.26 bits per heavy atom. The normalized spacial score (nSPS) is 11.9. The van der Waals surface area contributed by atoms with Crippen LogP contribution in [0, 0.1) is 11.8 Å². The molecule has 0 saturated carbocycles. The number of rotatable bonds is 14. The lowest BCUT2D eigenvalue weighted by Gasteiger charge is -2.26. The Balaban J connectivity index is 1.84. The van der Waals surface area contributed by atoms with Crippen LogP contribution < -0.4 is 9.47 Å². The topological polar surface area (TPSA) is 36.9 Å². The minimum atomic E-state index is -0.113. The third-order valence-corrected chi connectivity index (χ3v) is 5.05. The first-order chi connectivity index (χ1) is 14.8. The molecule has 0 atom stereocenters.